The van der Waals surface area contributed by atoms with Crippen LogP contribution in [-0.4, -0.2) is 24.3 Å². The number of rotatable bonds is 5. The largest absolute Gasteiger partial charge is 0.292 e. The van der Waals surface area contributed by atoms with Gasteiger partial charge in [-0.1, -0.05) is 97.1 Å². The minimum Gasteiger partial charge on any atom is -0.292 e. The van der Waals surface area contributed by atoms with E-state index in [1.165, 1.54) is 5.39 Å². The molecule has 0 bridgehead atoms. The third-order valence-corrected chi connectivity index (χ3v) is 8.84. The van der Waals surface area contributed by atoms with Crippen molar-refractivity contribution < 1.29 is 0 Å². The molecule has 0 saturated heterocycles. The third kappa shape index (κ3) is 5.16. The number of hydrogen-bond donors (Lipinski definition) is 0. The molecule has 6 heteroatoms. The molecule has 3 heterocycles. The number of nitrogens with zero attached hydrogens (tertiary/aromatic N) is 6. The molecule has 9 rings (SSSR count). The normalized spacial score (nSPS) is 11.2. The van der Waals surface area contributed by atoms with E-state index in [2.05, 4.69) is 83.3 Å². The van der Waals surface area contributed by atoms with E-state index in [9.17, 15) is 5.26 Å². The molecule has 0 saturated carbocycles. The second-order valence-corrected chi connectivity index (χ2v) is 11.9. The lowest BCUT2D eigenvalue weighted by Gasteiger charge is -2.13. The number of fused-ring (bicyclic) bond motifs is 5. The van der Waals surface area contributed by atoms with Gasteiger partial charge in [0.25, 0.3) is 0 Å². The van der Waals surface area contributed by atoms with E-state index in [0.717, 1.165) is 61.1 Å². The molecule has 0 aliphatic carbocycles. The first-order chi connectivity index (χ1) is 24.2. The summed E-state index contributed by atoms with van der Waals surface area (Å²) in [5.74, 6) is 1.78. The standard InChI is InChI=1S/C43H26N6/c44-27-28-15-17-29(18-16-28)34-23-35(33-19-21-39-37(26-33)45-40-22-20-30-9-7-8-14-38(30)49(39)40)25-36(24-34)43-47-41(31-10-3-1-4-11-31)46-42(48-43)32-12-5-2-6-13-32/h1-26H. The van der Waals surface area contributed by atoms with E-state index in [1.807, 2.05) is 84.9 Å². The van der Waals surface area contributed by atoms with Gasteiger partial charge >= 0.3 is 0 Å². The van der Waals surface area contributed by atoms with Crippen molar-refractivity contribution in [3.05, 3.63) is 163 Å². The molecular weight excluding hydrogens is 601 g/mol. The van der Waals surface area contributed by atoms with Gasteiger partial charge < -0.3 is 0 Å². The summed E-state index contributed by atoms with van der Waals surface area (Å²) in [5.41, 5.74) is 11.3. The molecule has 6 nitrogen and oxygen atoms in total. The van der Waals surface area contributed by atoms with Crippen LogP contribution in [0.1, 0.15) is 5.56 Å². The number of hydrogen-bond acceptors (Lipinski definition) is 5. The Balaban J connectivity index is 1.25. The van der Waals surface area contributed by atoms with E-state index in [-0.39, 0.29) is 0 Å². The molecule has 0 spiro atoms. The predicted molar refractivity (Wildman–Crippen MR) is 195 cm³/mol. The van der Waals surface area contributed by atoms with Crippen LogP contribution in [0, 0.1) is 11.3 Å². The third-order valence-electron chi connectivity index (χ3n) is 8.84. The predicted octanol–water partition coefficient (Wildman–Crippen LogP) is 10.0. The van der Waals surface area contributed by atoms with Gasteiger partial charge in [-0.3, -0.25) is 4.40 Å². The van der Waals surface area contributed by atoms with Crippen molar-refractivity contribution in [3.63, 3.8) is 0 Å². The maximum Gasteiger partial charge on any atom is 0.164 e. The average Bonchev–Trinajstić information content (AvgIpc) is 3.57. The van der Waals surface area contributed by atoms with E-state index < -0.39 is 0 Å². The minimum atomic E-state index is 0.574. The van der Waals surface area contributed by atoms with Crippen LogP contribution < -0.4 is 0 Å². The zero-order valence-electron chi connectivity index (χ0n) is 26.2. The minimum absolute atomic E-state index is 0.574. The zero-order valence-corrected chi connectivity index (χ0v) is 26.2. The Morgan fingerprint density at radius 1 is 0.408 bits per heavy atom. The Morgan fingerprint density at radius 3 is 1.65 bits per heavy atom. The maximum atomic E-state index is 9.44. The zero-order chi connectivity index (χ0) is 32.7. The van der Waals surface area contributed by atoms with Crippen molar-refractivity contribution >= 4 is 27.6 Å². The lowest BCUT2D eigenvalue weighted by molar-refractivity contribution is 1.07. The molecule has 0 fully saturated rings. The Kier molecular flexibility index (Phi) is 6.74. The first-order valence-electron chi connectivity index (χ1n) is 16.0. The highest BCUT2D eigenvalue weighted by atomic mass is 15.0. The summed E-state index contributed by atoms with van der Waals surface area (Å²) in [4.78, 5) is 20.0. The van der Waals surface area contributed by atoms with Gasteiger partial charge in [-0.2, -0.15) is 5.26 Å². The van der Waals surface area contributed by atoms with Gasteiger partial charge in [0.1, 0.15) is 5.65 Å². The number of aromatic nitrogens is 5. The highest BCUT2D eigenvalue weighted by Crippen LogP contribution is 2.35. The van der Waals surface area contributed by atoms with Crippen molar-refractivity contribution in [2.24, 2.45) is 0 Å². The summed E-state index contributed by atoms with van der Waals surface area (Å²) < 4.78 is 2.22. The first kappa shape index (κ1) is 28.3. The van der Waals surface area contributed by atoms with Crippen molar-refractivity contribution in [1.82, 2.24) is 24.3 Å². The maximum absolute atomic E-state index is 9.44. The second-order valence-electron chi connectivity index (χ2n) is 11.9. The lowest BCUT2D eigenvalue weighted by atomic mass is 9.95. The first-order valence-corrected chi connectivity index (χ1v) is 16.0. The molecule has 228 valence electrons. The molecule has 0 N–H and O–H groups in total. The Labute approximate surface area is 282 Å². The van der Waals surface area contributed by atoms with Crippen LogP contribution in [0.15, 0.2) is 158 Å². The second kappa shape index (κ2) is 11.7. The summed E-state index contributed by atoms with van der Waals surface area (Å²) in [6.45, 7) is 0. The Hall–Kier alpha value is -6.97. The van der Waals surface area contributed by atoms with Gasteiger partial charge in [0.2, 0.25) is 0 Å². The quantitative estimate of drug-likeness (QED) is 0.190. The van der Waals surface area contributed by atoms with Crippen LogP contribution in [-0.2, 0) is 0 Å². The van der Waals surface area contributed by atoms with Crippen molar-refractivity contribution in [1.29, 1.82) is 5.26 Å². The van der Waals surface area contributed by atoms with Crippen LogP contribution in [0.25, 0.3) is 84.0 Å². The fraction of sp³-hybridized carbons (Fsp3) is 0. The average molecular weight is 627 g/mol. The van der Waals surface area contributed by atoms with Gasteiger partial charge in [-0.05, 0) is 88.3 Å². The molecule has 0 amide bonds. The summed E-state index contributed by atoms with van der Waals surface area (Å²) in [7, 11) is 0. The van der Waals surface area contributed by atoms with Crippen molar-refractivity contribution in [3.8, 4) is 62.5 Å². The lowest BCUT2D eigenvalue weighted by Crippen LogP contribution is -2.00. The summed E-state index contributed by atoms with van der Waals surface area (Å²) >= 11 is 0. The van der Waals surface area contributed by atoms with Crippen LogP contribution in [0.5, 0.6) is 0 Å². The molecule has 3 aromatic heterocycles. The summed E-state index contributed by atoms with van der Waals surface area (Å²) in [6, 6.07) is 55.3. The van der Waals surface area contributed by atoms with Gasteiger partial charge in [0.15, 0.2) is 17.5 Å². The van der Waals surface area contributed by atoms with Crippen molar-refractivity contribution in [2.45, 2.75) is 0 Å². The van der Waals surface area contributed by atoms with Gasteiger partial charge in [0, 0.05) is 16.7 Å². The van der Waals surface area contributed by atoms with Crippen LogP contribution in [0.3, 0.4) is 0 Å². The molecule has 49 heavy (non-hydrogen) atoms. The highest BCUT2D eigenvalue weighted by Gasteiger charge is 2.16. The number of benzene rings is 6. The monoisotopic (exact) mass is 626 g/mol. The molecule has 6 aromatic carbocycles. The van der Waals surface area contributed by atoms with E-state index >= 15 is 0 Å². The smallest absolute Gasteiger partial charge is 0.164 e. The fourth-order valence-electron chi connectivity index (χ4n) is 6.40. The van der Waals surface area contributed by atoms with Gasteiger partial charge in [-0.25, -0.2) is 19.9 Å². The number of para-hydroxylation sites is 1. The molecule has 9 aromatic rings. The molecule has 0 atom stereocenters. The number of imidazole rings is 1. The Morgan fingerprint density at radius 2 is 0.980 bits per heavy atom. The van der Waals surface area contributed by atoms with E-state index in [1.54, 1.807) is 0 Å². The van der Waals surface area contributed by atoms with Crippen molar-refractivity contribution in [2.75, 3.05) is 0 Å². The van der Waals surface area contributed by atoms with E-state index in [4.69, 9.17) is 19.9 Å². The molecule has 0 unspecified atom stereocenters. The topological polar surface area (TPSA) is 79.8 Å². The Bertz CT molecular complexity index is 2650. The SMILES string of the molecule is N#Cc1ccc(-c2cc(-c3ccc4c(c3)nc3ccc5ccccc5n34)cc(-c3nc(-c4ccccc4)nc(-c4ccccc4)n3)c2)cc1. The highest BCUT2D eigenvalue weighted by molar-refractivity contribution is 5.93. The van der Waals surface area contributed by atoms with E-state index in [0.29, 0.717) is 23.0 Å². The number of pyridine rings is 1. The summed E-state index contributed by atoms with van der Waals surface area (Å²) in [6.07, 6.45) is 0. The molecular formula is C43H26N6. The number of nitriles is 1. The molecule has 0 aliphatic rings. The van der Waals surface area contributed by atoms with Gasteiger partial charge in [0.05, 0.1) is 28.2 Å². The molecule has 0 radical (unpaired) electrons. The van der Waals surface area contributed by atoms with Crippen LogP contribution >= 0.6 is 0 Å². The van der Waals surface area contributed by atoms with Gasteiger partial charge in [-0.15, -0.1) is 0 Å². The van der Waals surface area contributed by atoms with Crippen LogP contribution in [0.4, 0.5) is 0 Å². The van der Waals surface area contributed by atoms with Crippen LogP contribution in [0.2, 0.25) is 0 Å². The molecule has 0 aliphatic heterocycles. The summed E-state index contributed by atoms with van der Waals surface area (Å²) in [5, 5.41) is 10.6. The fourth-order valence-corrected chi connectivity index (χ4v) is 6.40.